The smallest absolute Gasteiger partial charge is 0.241 e. The summed E-state index contributed by atoms with van der Waals surface area (Å²) in [6, 6.07) is 6.09. The van der Waals surface area contributed by atoms with Crippen LogP contribution in [0.2, 0.25) is 0 Å². The van der Waals surface area contributed by atoms with Gasteiger partial charge < -0.3 is 4.90 Å². The third kappa shape index (κ3) is 3.47. The number of nitrogens with one attached hydrogen (secondary N) is 1. The summed E-state index contributed by atoms with van der Waals surface area (Å²) in [7, 11) is -7.03. The van der Waals surface area contributed by atoms with E-state index in [1.54, 1.807) is 24.0 Å². The van der Waals surface area contributed by atoms with Crippen molar-refractivity contribution >= 4 is 31.5 Å². The highest BCUT2D eigenvalue weighted by molar-refractivity contribution is 7.92. The van der Waals surface area contributed by atoms with Crippen LogP contribution >= 0.6 is 0 Å². The van der Waals surface area contributed by atoms with Crippen LogP contribution in [0.5, 0.6) is 0 Å². The molecule has 2 fully saturated rings. The first kappa shape index (κ1) is 17.4. The van der Waals surface area contributed by atoms with Gasteiger partial charge in [-0.25, -0.2) is 21.6 Å². The number of sulfonamides is 1. The van der Waals surface area contributed by atoms with Gasteiger partial charge in [-0.05, 0) is 44.0 Å². The van der Waals surface area contributed by atoms with Crippen LogP contribution < -0.4 is 9.62 Å². The molecule has 1 N–H and O–H groups in total. The lowest BCUT2D eigenvalue weighted by atomic mass is 10.0. The summed E-state index contributed by atoms with van der Waals surface area (Å²) >= 11 is 0. The van der Waals surface area contributed by atoms with Crippen LogP contribution in [0.4, 0.5) is 5.69 Å². The van der Waals surface area contributed by atoms with E-state index in [9.17, 15) is 21.6 Å². The Bertz CT molecular complexity index is 862. The van der Waals surface area contributed by atoms with Crippen molar-refractivity contribution in [1.82, 2.24) is 4.72 Å². The SMILES string of the molecule is C[C@]1(NS(=O)(=O)c2ccc(N3CCCC3=O)cc2)CCS(=O)(=O)C1. The van der Waals surface area contributed by atoms with E-state index >= 15 is 0 Å². The molecule has 1 aromatic rings. The van der Waals surface area contributed by atoms with Crippen molar-refractivity contribution < 1.29 is 21.6 Å². The number of benzene rings is 1. The molecule has 2 saturated heterocycles. The van der Waals surface area contributed by atoms with Gasteiger partial charge in [-0.1, -0.05) is 0 Å². The maximum atomic E-state index is 12.5. The van der Waals surface area contributed by atoms with Crippen molar-refractivity contribution in [3.8, 4) is 0 Å². The normalized spacial score (nSPS) is 26.9. The fourth-order valence-electron chi connectivity index (χ4n) is 3.20. The third-order valence-electron chi connectivity index (χ3n) is 4.42. The van der Waals surface area contributed by atoms with Crippen molar-refractivity contribution in [1.29, 1.82) is 0 Å². The summed E-state index contributed by atoms with van der Waals surface area (Å²) in [5.41, 5.74) is -0.313. The first-order valence-electron chi connectivity index (χ1n) is 7.75. The van der Waals surface area contributed by atoms with E-state index in [1.165, 1.54) is 12.1 Å². The standard InChI is InChI=1S/C15H20N2O5S2/c1-15(8-10-23(19,20)11-15)16-24(21,22)13-6-4-12(5-7-13)17-9-2-3-14(17)18/h4-7,16H,2-3,8-11H2,1H3/t15-/m0/s1. The first-order chi connectivity index (χ1) is 11.1. The number of sulfone groups is 1. The van der Waals surface area contributed by atoms with E-state index < -0.39 is 25.4 Å². The molecule has 132 valence electrons. The van der Waals surface area contributed by atoms with Crippen LogP contribution in [0.1, 0.15) is 26.2 Å². The van der Waals surface area contributed by atoms with Crippen molar-refractivity contribution in [3.05, 3.63) is 24.3 Å². The summed E-state index contributed by atoms with van der Waals surface area (Å²) in [5, 5.41) is 0. The molecule has 2 aliphatic rings. The number of rotatable bonds is 4. The van der Waals surface area contributed by atoms with Crippen LogP contribution in [0.3, 0.4) is 0 Å². The van der Waals surface area contributed by atoms with Crippen LogP contribution in [0.25, 0.3) is 0 Å². The molecule has 2 heterocycles. The average molecular weight is 372 g/mol. The Morgan fingerprint density at radius 1 is 1.21 bits per heavy atom. The molecule has 0 bridgehead atoms. The van der Waals surface area contributed by atoms with E-state index in [-0.39, 0.29) is 28.7 Å². The number of anilines is 1. The Hall–Kier alpha value is -1.45. The van der Waals surface area contributed by atoms with Gasteiger partial charge in [0.2, 0.25) is 15.9 Å². The summed E-state index contributed by atoms with van der Waals surface area (Å²) in [6.45, 7) is 2.24. The van der Waals surface area contributed by atoms with Crippen LogP contribution in [-0.4, -0.2) is 46.3 Å². The molecule has 24 heavy (non-hydrogen) atoms. The topological polar surface area (TPSA) is 101 Å². The van der Waals surface area contributed by atoms with Gasteiger partial charge in [-0.3, -0.25) is 4.79 Å². The van der Waals surface area contributed by atoms with E-state index in [0.717, 1.165) is 6.42 Å². The van der Waals surface area contributed by atoms with Gasteiger partial charge >= 0.3 is 0 Å². The van der Waals surface area contributed by atoms with Crippen molar-refractivity contribution in [2.24, 2.45) is 0 Å². The number of hydrogen-bond acceptors (Lipinski definition) is 5. The molecule has 2 aliphatic heterocycles. The van der Waals surface area contributed by atoms with Gasteiger partial charge in [0.1, 0.15) is 0 Å². The number of carbonyl (C=O) groups is 1. The van der Waals surface area contributed by atoms with Crippen LogP contribution in [0.15, 0.2) is 29.2 Å². The lowest BCUT2D eigenvalue weighted by Gasteiger charge is -2.23. The summed E-state index contributed by atoms with van der Waals surface area (Å²) in [6.07, 6.45) is 1.57. The Balaban J connectivity index is 1.79. The lowest BCUT2D eigenvalue weighted by molar-refractivity contribution is -0.117. The Morgan fingerprint density at radius 3 is 2.38 bits per heavy atom. The van der Waals surface area contributed by atoms with Gasteiger partial charge in [0.25, 0.3) is 0 Å². The molecular formula is C15H20N2O5S2. The molecular weight excluding hydrogens is 352 g/mol. The molecule has 1 atom stereocenters. The molecule has 0 saturated carbocycles. The maximum Gasteiger partial charge on any atom is 0.241 e. The Labute approximate surface area is 142 Å². The zero-order chi connectivity index (χ0) is 17.6. The maximum absolute atomic E-state index is 12.5. The number of hydrogen-bond donors (Lipinski definition) is 1. The van der Waals surface area contributed by atoms with Crippen LogP contribution in [0, 0.1) is 0 Å². The number of amides is 1. The molecule has 1 amide bonds. The van der Waals surface area contributed by atoms with Crippen molar-refractivity contribution in [2.75, 3.05) is 23.0 Å². The zero-order valence-corrected chi connectivity index (χ0v) is 15.0. The van der Waals surface area contributed by atoms with Crippen molar-refractivity contribution in [2.45, 2.75) is 36.6 Å². The van der Waals surface area contributed by atoms with Gasteiger partial charge in [0.05, 0.1) is 16.4 Å². The molecule has 9 heteroatoms. The van der Waals surface area contributed by atoms with Crippen LogP contribution in [-0.2, 0) is 24.7 Å². The molecule has 0 aliphatic carbocycles. The summed E-state index contributed by atoms with van der Waals surface area (Å²) < 4.78 is 50.8. The number of nitrogens with zero attached hydrogens (tertiary/aromatic N) is 1. The van der Waals surface area contributed by atoms with Crippen molar-refractivity contribution in [3.63, 3.8) is 0 Å². The highest BCUT2D eigenvalue weighted by atomic mass is 32.2. The lowest BCUT2D eigenvalue weighted by Crippen LogP contribution is -2.46. The Kier molecular flexibility index (Phi) is 4.21. The van der Waals surface area contributed by atoms with Gasteiger partial charge in [-0.15, -0.1) is 0 Å². The molecule has 0 aromatic heterocycles. The minimum Gasteiger partial charge on any atom is -0.312 e. The predicted octanol–water partition coefficient (Wildman–Crippen LogP) is 0.669. The highest BCUT2D eigenvalue weighted by Gasteiger charge is 2.41. The minimum absolute atomic E-state index is 0.0119. The van der Waals surface area contributed by atoms with Gasteiger partial charge in [-0.2, -0.15) is 0 Å². The zero-order valence-electron chi connectivity index (χ0n) is 13.4. The molecule has 0 spiro atoms. The average Bonchev–Trinajstić information content (AvgIpc) is 3.01. The minimum atomic E-state index is -3.82. The van der Waals surface area contributed by atoms with E-state index in [1.807, 2.05) is 0 Å². The summed E-state index contributed by atoms with van der Waals surface area (Å²) in [4.78, 5) is 13.4. The van der Waals surface area contributed by atoms with E-state index in [4.69, 9.17) is 0 Å². The number of carbonyl (C=O) groups excluding carboxylic acids is 1. The second-order valence-electron chi connectivity index (χ2n) is 6.65. The largest absolute Gasteiger partial charge is 0.312 e. The monoisotopic (exact) mass is 372 g/mol. The second-order valence-corrected chi connectivity index (χ2v) is 10.5. The molecule has 0 radical (unpaired) electrons. The molecule has 7 nitrogen and oxygen atoms in total. The fourth-order valence-corrected chi connectivity index (χ4v) is 6.82. The predicted molar refractivity (Wildman–Crippen MR) is 90.0 cm³/mol. The third-order valence-corrected chi connectivity index (χ3v) is 7.97. The van der Waals surface area contributed by atoms with E-state index in [2.05, 4.69) is 4.72 Å². The molecule has 1 aromatic carbocycles. The highest BCUT2D eigenvalue weighted by Crippen LogP contribution is 2.27. The van der Waals surface area contributed by atoms with Gasteiger partial charge in [0, 0.05) is 24.2 Å². The molecule has 3 rings (SSSR count). The molecule has 0 unspecified atom stereocenters. The summed E-state index contributed by atoms with van der Waals surface area (Å²) in [5.74, 6) is -0.172. The second kappa shape index (κ2) is 5.82. The Morgan fingerprint density at radius 2 is 1.88 bits per heavy atom. The quantitative estimate of drug-likeness (QED) is 0.837. The van der Waals surface area contributed by atoms with E-state index in [0.29, 0.717) is 18.7 Å². The van der Waals surface area contributed by atoms with Gasteiger partial charge in [0.15, 0.2) is 9.84 Å². The first-order valence-corrected chi connectivity index (χ1v) is 11.1. The fraction of sp³-hybridized carbons (Fsp3) is 0.533.